The Bertz CT molecular complexity index is 412. The molecule has 2 heterocycles. The van der Waals surface area contributed by atoms with Crippen LogP contribution in [-0.2, 0) is 15.4 Å². The van der Waals surface area contributed by atoms with Gasteiger partial charge in [0.1, 0.15) is 0 Å². The highest BCUT2D eigenvalue weighted by atomic mass is 32.2. The molecule has 0 radical (unpaired) electrons. The minimum absolute atomic E-state index is 0.185. The topological polar surface area (TPSA) is 90.9 Å². The molecule has 1 aliphatic heterocycles. The molecule has 6 nitrogen and oxygen atoms in total. The van der Waals surface area contributed by atoms with Crippen molar-refractivity contribution in [1.29, 1.82) is 0 Å². The fourth-order valence-electron chi connectivity index (χ4n) is 1.91. The summed E-state index contributed by atoms with van der Waals surface area (Å²) >= 11 is 0. The molecule has 1 fully saturated rings. The van der Waals surface area contributed by atoms with Crippen molar-refractivity contribution in [2.75, 3.05) is 18.1 Å². The molecule has 15 heavy (non-hydrogen) atoms. The van der Waals surface area contributed by atoms with Gasteiger partial charge in [-0.15, -0.1) is 5.10 Å². The fraction of sp³-hybridized carbons (Fsp3) is 0.750. The van der Waals surface area contributed by atoms with Crippen LogP contribution in [0.1, 0.15) is 12.8 Å². The number of nitrogens with zero attached hydrogens (tertiary/aromatic N) is 3. The van der Waals surface area contributed by atoms with E-state index in [-0.39, 0.29) is 17.0 Å². The summed E-state index contributed by atoms with van der Waals surface area (Å²) in [5, 5.41) is 7.66. The summed E-state index contributed by atoms with van der Waals surface area (Å²) in [6.07, 6.45) is 4.37. The summed E-state index contributed by atoms with van der Waals surface area (Å²) in [5.41, 5.74) is 5.38. The summed E-state index contributed by atoms with van der Waals surface area (Å²) in [5.74, 6) is 0.369. The van der Waals surface area contributed by atoms with Crippen molar-refractivity contribution in [3.63, 3.8) is 0 Å². The lowest BCUT2D eigenvalue weighted by Gasteiger charge is -2.35. The quantitative estimate of drug-likeness (QED) is 0.714. The number of hydrogen-bond donors (Lipinski definition) is 1. The van der Waals surface area contributed by atoms with Crippen molar-refractivity contribution in [3.05, 3.63) is 12.4 Å². The van der Waals surface area contributed by atoms with Crippen molar-refractivity contribution in [1.82, 2.24) is 15.0 Å². The minimum Gasteiger partial charge on any atom is -0.328 e. The molecule has 0 unspecified atom stereocenters. The van der Waals surface area contributed by atoms with Crippen LogP contribution in [0.15, 0.2) is 12.4 Å². The van der Waals surface area contributed by atoms with Gasteiger partial charge in [0.05, 0.1) is 23.2 Å². The van der Waals surface area contributed by atoms with Gasteiger partial charge in [0, 0.05) is 12.7 Å². The molecule has 1 saturated heterocycles. The van der Waals surface area contributed by atoms with E-state index < -0.39 is 9.84 Å². The molecule has 0 aliphatic carbocycles. The summed E-state index contributed by atoms with van der Waals surface area (Å²) in [7, 11) is -2.87. The van der Waals surface area contributed by atoms with Crippen LogP contribution < -0.4 is 5.73 Å². The second-order valence-electron chi connectivity index (χ2n) is 3.93. The molecular formula is C8H14N4O2S. The normalized spacial score (nSPS) is 23.8. The smallest absolute Gasteiger partial charge is 0.150 e. The summed E-state index contributed by atoms with van der Waals surface area (Å²) in [6, 6.07) is 0. The van der Waals surface area contributed by atoms with E-state index in [2.05, 4.69) is 10.3 Å². The Morgan fingerprint density at radius 3 is 2.53 bits per heavy atom. The first kappa shape index (κ1) is 10.6. The molecule has 0 amide bonds. The second kappa shape index (κ2) is 3.57. The minimum atomic E-state index is -2.87. The van der Waals surface area contributed by atoms with Crippen LogP contribution in [0.4, 0.5) is 0 Å². The third-order valence-corrected chi connectivity index (χ3v) is 4.70. The molecule has 0 aromatic carbocycles. The van der Waals surface area contributed by atoms with Gasteiger partial charge in [0.2, 0.25) is 0 Å². The third-order valence-electron chi connectivity index (χ3n) is 3.05. The molecule has 1 aromatic heterocycles. The lowest BCUT2D eigenvalue weighted by Crippen LogP contribution is -2.47. The van der Waals surface area contributed by atoms with Gasteiger partial charge in [0.15, 0.2) is 9.84 Å². The lowest BCUT2D eigenvalue weighted by atomic mass is 9.93. The van der Waals surface area contributed by atoms with Crippen molar-refractivity contribution >= 4 is 9.84 Å². The zero-order valence-electron chi connectivity index (χ0n) is 8.33. The number of nitrogens with two attached hydrogens (primary N) is 1. The van der Waals surface area contributed by atoms with E-state index >= 15 is 0 Å². The zero-order valence-corrected chi connectivity index (χ0v) is 9.15. The van der Waals surface area contributed by atoms with Crippen LogP contribution in [0, 0.1) is 0 Å². The Morgan fingerprint density at radius 2 is 2.07 bits per heavy atom. The maximum atomic E-state index is 11.3. The Labute approximate surface area is 88.4 Å². The number of hydrogen-bond acceptors (Lipinski definition) is 5. The summed E-state index contributed by atoms with van der Waals surface area (Å²) < 4.78 is 24.4. The van der Waals surface area contributed by atoms with Gasteiger partial charge in [-0.1, -0.05) is 5.21 Å². The highest BCUT2D eigenvalue weighted by molar-refractivity contribution is 7.91. The van der Waals surface area contributed by atoms with Crippen LogP contribution in [-0.4, -0.2) is 41.5 Å². The monoisotopic (exact) mass is 230 g/mol. The van der Waals surface area contributed by atoms with Gasteiger partial charge >= 0.3 is 0 Å². The predicted molar refractivity (Wildman–Crippen MR) is 54.9 cm³/mol. The highest BCUT2D eigenvalue weighted by Crippen LogP contribution is 2.29. The van der Waals surface area contributed by atoms with Crippen molar-refractivity contribution < 1.29 is 8.42 Å². The number of sulfone groups is 1. The molecule has 7 heteroatoms. The van der Waals surface area contributed by atoms with Gasteiger partial charge in [0.25, 0.3) is 0 Å². The van der Waals surface area contributed by atoms with E-state index in [1.165, 1.54) is 0 Å². The predicted octanol–water partition coefficient (Wildman–Crippen LogP) is -0.859. The van der Waals surface area contributed by atoms with Gasteiger partial charge in [-0.25, -0.2) is 13.1 Å². The molecular weight excluding hydrogens is 216 g/mol. The van der Waals surface area contributed by atoms with Crippen LogP contribution in [0.2, 0.25) is 0 Å². The van der Waals surface area contributed by atoms with Crippen LogP contribution in [0.5, 0.6) is 0 Å². The molecule has 0 spiro atoms. The fourth-order valence-corrected chi connectivity index (χ4v) is 3.49. The Balaban J connectivity index is 2.26. The lowest BCUT2D eigenvalue weighted by molar-refractivity contribution is 0.233. The van der Waals surface area contributed by atoms with Crippen molar-refractivity contribution in [3.8, 4) is 0 Å². The average Bonchev–Trinajstić information content (AvgIpc) is 2.72. The van der Waals surface area contributed by atoms with Gasteiger partial charge < -0.3 is 5.73 Å². The van der Waals surface area contributed by atoms with Crippen molar-refractivity contribution in [2.45, 2.75) is 18.4 Å². The Kier molecular flexibility index (Phi) is 2.51. The highest BCUT2D eigenvalue weighted by Gasteiger charge is 2.38. The van der Waals surface area contributed by atoms with Gasteiger partial charge in [-0.2, -0.15) is 0 Å². The number of rotatable bonds is 2. The summed E-state index contributed by atoms with van der Waals surface area (Å²) in [4.78, 5) is 0. The third kappa shape index (κ3) is 1.89. The second-order valence-corrected chi connectivity index (χ2v) is 6.23. The molecule has 0 saturated carbocycles. The van der Waals surface area contributed by atoms with Crippen LogP contribution in [0.3, 0.4) is 0 Å². The average molecular weight is 230 g/mol. The Hall–Kier alpha value is -0.950. The molecule has 0 atom stereocenters. The van der Waals surface area contributed by atoms with Gasteiger partial charge in [-0.3, -0.25) is 0 Å². The Morgan fingerprint density at radius 1 is 1.40 bits per heavy atom. The molecule has 2 rings (SSSR count). The van der Waals surface area contributed by atoms with E-state index in [9.17, 15) is 8.42 Å². The first-order chi connectivity index (χ1) is 7.08. The molecule has 1 aromatic rings. The van der Waals surface area contributed by atoms with Crippen molar-refractivity contribution in [2.24, 2.45) is 5.73 Å². The molecule has 2 N–H and O–H groups in total. The maximum absolute atomic E-state index is 11.3. The van der Waals surface area contributed by atoms with Crippen LogP contribution >= 0.6 is 0 Å². The molecule has 0 bridgehead atoms. The van der Waals surface area contributed by atoms with E-state index in [0.29, 0.717) is 19.4 Å². The standard InChI is InChI=1S/C8H14N4O2S/c9-7-8(12-4-3-10-11-12)1-5-15(13,14)6-2-8/h3-4H,1-2,5-7,9H2. The maximum Gasteiger partial charge on any atom is 0.150 e. The molecule has 84 valence electrons. The van der Waals surface area contributed by atoms with E-state index in [0.717, 1.165) is 0 Å². The van der Waals surface area contributed by atoms with Crippen LogP contribution in [0.25, 0.3) is 0 Å². The van der Waals surface area contributed by atoms with E-state index in [1.54, 1.807) is 17.1 Å². The van der Waals surface area contributed by atoms with E-state index in [4.69, 9.17) is 5.73 Å². The van der Waals surface area contributed by atoms with Gasteiger partial charge in [-0.05, 0) is 12.8 Å². The number of aromatic nitrogens is 3. The SMILES string of the molecule is NCC1(n2ccnn2)CCS(=O)(=O)CC1. The first-order valence-corrected chi connectivity index (χ1v) is 6.67. The summed E-state index contributed by atoms with van der Waals surface area (Å²) in [6.45, 7) is 0.395. The largest absolute Gasteiger partial charge is 0.328 e. The first-order valence-electron chi connectivity index (χ1n) is 4.85. The van der Waals surface area contributed by atoms with E-state index in [1.807, 2.05) is 0 Å². The molecule has 1 aliphatic rings. The zero-order chi connectivity index (χ0) is 10.9.